The number of methoxy groups -OCH3 is 1. The molecule has 0 aliphatic carbocycles. The highest BCUT2D eigenvalue weighted by Gasteiger charge is 2.33. The van der Waals surface area contributed by atoms with Gasteiger partial charge in [-0.05, 0) is 37.1 Å². The third-order valence-corrected chi connectivity index (χ3v) is 7.46. The van der Waals surface area contributed by atoms with Crippen LogP contribution in [0.1, 0.15) is 12.8 Å². The van der Waals surface area contributed by atoms with Crippen molar-refractivity contribution >= 4 is 21.7 Å². The molecule has 0 spiro atoms. The molecule has 172 valence electrons. The average Bonchev–Trinajstić information content (AvgIpc) is 2.83. The number of benzene rings is 1. The first-order chi connectivity index (χ1) is 15.3. The Bertz CT molecular complexity index is 1050. The van der Waals surface area contributed by atoms with Gasteiger partial charge in [0.1, 0.15) is 17.9 Å². The van der Waals surface area contributed by atoms with Gasteiger partial charge in [0, 0.05) is 50.9 Å². The Morgan fingerprint density at radius 3 is 2.44 bits per heavy atom. The maximum absolute atomic E-state index is 13.1. The number of hydrogen-bond donors (Lipinski definition) is 0. The predicted molar refractivity (Wildman–Crippen MR) is 122 cm³/mol. The number of ether oxygens (including phenoxy) is 1. The van der Waals surface area contributed by atoms with E-state index in [9.17, 15) is 13.2 Å². The number of rotatable bonds is 5. The summed E-state index contributed by atoms with van der Waals surface area (Å²) in [7, 11) is -1.57. The van der Waals surface area contributed by atoms with Crippen molar-refractivity contribution in [2.75, 3.05) is 57.5 Å². The molecule has 3 heterocycles. The van der Waals surface area contributed by atoms with Crippen molar-refractivity contribution in [3.8, 4) is 17.0 Å². The number of aromatic nitrogens is 2. The highest BCUT2D eigenvalue weighted by Crippen LogP contribution is 2.27. The standard InChI is InChI=1S/C22H29N5O4S/c1-31-19-7-5-17(6-8-19)20-14-21(24-16-23-20)26-9-3-4-18(15-26)22(28)25-10-12-27(13-11-25)32(2,29)30/h5-8,14,16,18H,3-4,9-13,15H2,1-2H3. The van der Waals surface area contributed by atoms with Gasteiger partial charge < -0.3 is 14.5 Å². The molecular weight excluding hydrogens is 430 g/mol. The zero-order valence-corrected chi connectivity index (χ0v) is 19.3. The number of carbonyl (C=O) groups is 1. The summed E-state index contributed by atoms with van der Waals surface area (Å²) in [6, 6.07) is 9.68. The van der Waals surface area contributed by atoms with E-state index in [-0.39, 0.29) is 11.8 Å². The van der Waals surface area contributed by atoms with E-state index in [4.69, 9.17) is 4.74 Å². The Hall–Kier alpha value is -2.72. The van der Waals surface area contributed by atoms with Crippen molar-refractivity contribution in [3.63, 3.8) is 0 Å². The monoisotopic (exact) mass is 459 g/mol. The van der Waals surface area contributed by atoms with Crippen molar-refractivity contribution in [1.29, 1.82) is 0 Å². The van der Waals surface area contributed by atoms with E-state index in [1.54, 1.807) is 18.3 Å². The van der Waals surface area contributed by atoms with Crippen LogP contribution in [-0.4, -0.2) is 86.1 Å². The van der Waals surface area contributed by atoms with Crippen molar-refractivity contribution in [3.05, 3.63) is 36.7 Å². The van der Waals surface area contributed by atoms with Gasteiger partial charge in [-0.3, -0.25) is 4.79 Å². The molecule has 4 rings (SSSR count). The molecule has 1 unspecified atom stereocenters. The second-order valence-corrected chi connectivity index (χ2v) is 10.2. The fourth-order valence-corrected chi connectivity index (χ4v) is 5.15. The SMILES string of the molecule is COc1ccc(-c2cc(N3CCCC(C(=O)N4CCN(S(C)(=O)=O)CC4)C3)ncn2)cc1. The van der Waals surface area contributed by atoms with Crippen molar-refractivity contribution in [1.82, 2.24) is 19.2 Å². The largest absolute Gasteiger partial charge is 0.497 e. The van der Waals surface area contributed by atoms with Gasteiger partial charge in [-0.15, -0.1) is 0 Å². The topological polar surface area (TPSA) is 95.9 Å². The third kappa shape index (κ3) is 5.02. The molecule has 1 amide bonds. The lowest BCUT2D eigenvalue weighted by Crippen LogP contribution is -2.53. The lowest BCUT2D eigenvalue weighted by molar-refractivity contribution is -0.137. The normalized spacial score (nSPS) is 20.2. The van der Waals surface area contributed by atoms with Gasteiger partial charge in [0.2, 0.25) is 15.9 Å². The fourth-order valence-electron chi connectivity index (χ4n) is 4.32. The number of hydrogen-bond acceptors (Lipinski definition) is 7. The van der Waals surface area contributed by atoms with Crippen LogP contribution in [0.25, 0.3) is 11.3 Å². The summed E-state index contributed by atoms with van der Waals surface area (Å²) in [4.78, 5) is 25.9. The maximum Gasteiger partial charge on any atom is 0.227 e. The highest BCUT2D eigenvalue weighted by molar-refractivity contribution is 7.88. The minimum absolute atomic E-state index is 0.104. The smallest absolute Gasteiger partial charge is 0.227 e. The Morgan fingerprint density at radius 2 is 1.78 bits per heavy atom. The molecule has 2 aliphatic heterocycles. The molecular formula is C22H29N5O4S. The number of anilines is 1. The average molecular weight is 460 g/mol. The Morgan fingerprint density at radius 1 is 1.06 bits per heavy atom. The Kier molecular flexibility index (Phi) is 6.61. The second kappa shape index (κ2) is 9.41. The molecule has 2 aliphatic rings. The van der Waals surface area contributed by atoms with Gasteiger partial charge in [-0.25, -0.2) is 18.4 Å². The summed E-state index contributed by atoms with van der Waals surface area (Å²) in [5.74, 6) is 1.59. The van der Waals surface area contributed by atoms with Crippen LogP contribution in [0, 0.1) is 5.92 Å². The number of piperidine rings is 1. The molecule has 0 radical (unpaired) electrons. The first-order valence-electron chi connectivity index (χ1n) is 10.8. The summed E-state index contributed by atoms with van der Waals surface area (Å²) in [5.41, 5.74) is 1.80. The molecule has 10 heteroatoms. The van der Waals surface area contributed by atoms with E-state index >= 15 is 0 Å². The summed E-state index contributed by atoms with van der Waals surface area (Å²) in [6.07, 6.45) is 4.51. The Balaban J connectivity index is 1.42. The minimum atomic E-state index is -3.21. The quantitative estimate of drug-likeness (QED) is 0.668. The van der Waals surface area contributed by atoms with Gasteiger partial charge in [-0.2, -0.15) is 4.31 Å². The van der Waals surface area contributed by atoms with Gasteiger partial charge >= 0.3 is 0 Å². The first-order valence-corrected chi connectivity index (χ1v) is 12.7. The summed E-state index contributed by atoms with van der Waals surface area (Å²) < 4.78 is 30.1. The van der Waals surface area contributed by atoms with Crippen LogP contribution >= 0.6 is 0 Å². The molecule has 0 saturated carbocycles. The number of amides is 1. The summed E-state index contributed by atoms with van der Waals surface area (Å²) >= 11 is 0. The number of carbonyl (C=O) groups excluding carboxylic acids is 1. The number of piperazine rings is 1. The lowest BCUT2D eigenvalue weighted by Gasteiger charge is -2.38. The fraction of sp³-hybridized carbons (Fsp3) is 0.500. The van der Waals surface area contributed by atoms with Crippen LogP contribution in [0.15, 0.2) is 36.7 Å². The van der Waals surface area contributed by atoms with Crippen LogP contribution in [0.5, 0.6) is 5.75 Å². The van der Waals surface area contributed by atoms with E-state index < -0.39 is 10.0 Å². The highest BCUT2D eigenvalue weighted by atomic mass is 32.2. The van der Waals surface area contributed by atoms with Crippen LogP contribution in [0.4, 0.5) is 5.82 Å². The van der Waals surface area contributed by atoms with Gasteiger partial charge in [0.05, 0.1) is 25.0 Å². The maximum atomic E-state index is 13.1. The van der Waals surface area contributed by atoms with Crippen molar-refractivity contribution in [2.45, 2.75) is 12.8 Å². The Labute approximate surface area is 189 Å². The zero-order chi connectivity index (χ0) is 22.7. The van der Waals surface area contributed by atoms with E-state index in [0.717, 1.165) is 42.2 Å². The molecule has 1 aromatic carbocycles. The van der Waals surface area contributed by atoms with Gasteiger partial charge in [0.25, 0.3) is 0 Å². The van der Waals surface area contributed by atoms with Gasteiger partial charge in [-0.1, -0.05) is 0 Å². The third-order valence-electron chi connectivity index (χ3n) is 6.15. The van der Waals surface area contributed by atoms with Crippen molar-refractivity contribution in [2.24, 2.45) is 5.92 Å². The van der Waals surface area contributed by atoms with E-state index in [0.29, 0.717) is 32.7 Å². The van der Waals surface area contributed by atoms with Crippen LogP contribution in [-0.2, 0) is 14.8 Å². The lowest BCUT2D eigenvalue weighted by atomic mass is 9.96. The molecule has 0 N–H and O–H groups in total. The first kappa shape index (κ1) is 22.5. The second-order valence-electron chi connectivity index (χ2n) is 8.26. The van der Waals surface area contributed by atoms with Crippen LogP contribution in [0.3, 0.4) is 0 Å². The molecule has 32 heavy (non-hydrogen) atoms. The molecule has 2 fully saturated rings. The van der Waals surface area contributed by atoms with Crippen molar-refractivity contribution < 1.29 is 17.9 Å². The van der Waals surface area contributed by atoms with Crippen LogP contribution < -0.4 is 9.64 Å². The number of sulfonamides is 1. The molecule has 2 saturated heterocycles. The zero-order valence-electron chi connectivity index (χ0n) is 18.5. The van der Waals surface area contributed by atoms with E-state index in [1.165, 1.54) is 10.6 Å². The van der Waals surface area contributed by atoms with Gasteiger partial charge in [0.15, 0.2) is 0 Å². The molecule has 2 aromatic rings. The van der Waals surface area contributed by atoms with E-state index in [2.05, 4.69) is 14.9 Å². The summed E-state index contributed by atoms with van der Waals surface area (Å²) in [5, 5.41) is 0. The minimum Gasteiger partial charge on any atom is -0.497 e. The molecule has 1 aromatic heterocycles. The van der Waals surface area contributed by atoms with Crippen LogP contribution in [0.2, 0.25) is 0 Å². The molecule has 0 bridgehead atoms. The molecule has 9 nitrogen and oxygen atoms in total. The summed E-state index contributed by atoms with van der Waals surface area (Å²) in [6.45, 7) is 3.04. The van der Waals surface area contributed by atoms with E-state index in [1.807, 2.05) is 30.3 Å². The molecule has 1 atom stereocenters. The number of nitrogens with zero attached hydrogens (tertiary/aromatic N) is 5. The predicted octanol–water partition coefficient (Wildman–Crippen LogP) is 1.47.